The molecule has 1 aromatic rings. The van der Waals surface area contributed by atoms with Gasteiger partial charge in [0.05, 0.1) is 18.8 Å². The summed E-state index contributed by atoms with van der Waals surface area (Å²) in [7, 11) is 0. The van der Waals surface area contributed by atoms with E-state index < -0.39 is 12.2 Å². The minimum atomic E-state index is -0.659. The maximum atomic E-state index is 9.92. The highest BCUT2D eigenvalue weighted by molar-refractivity contribution is 5.26. The van der Waals surface area contributed by atoms with Gasteiger partial charge in [-0.2, -0.15) is 0 Å². The van der Waals surface area contributed by atoms with Crippen molar-refractivity contribution in [2.45, 2.75) is 44.0 Å². The molecule has 0 heterocycles. The number of benzene rings is 1. The Bertz CT molecular complexity index is 334. The van der Waals surface area contributed by atoms with Crippen LogP contribution < -0.4 is 0 Å². The van der Waals surface area contributed by atoms with Gasteiger partial charge in [0, 0.05) is 5.92 Å². The van der Waals surface area contributed by atoms with E-state index in [4.69, 9.17) is 5.11 Å². The smallest absolute Gasteiger partial charge is 0.0867 e. The van der Waals surface area contributed by atoms with Crippen LogP contribution in [0, 0.1) is 0 Å². The molecule has 0 radical (unpaired) electrons. The van der Waals surface area contributed by atoms with Crippen molar-refractivity contribution in [3.8, 4) is 0 Å². The molecule has 0 bridgehead atoms. The molecule has 16 heavy (non-hydrogen) atoms. The Kier molecular flexibility index (Phi) is 3.59. The molecular weight excluding hydrogens is 204 g/mol. The summed E-state index contributed by atoms with van der Waals surface area (Å²) in [6.07, 6.45) is 1.29. The molecule has 0 saturated heterocycles. The van der Waals surface area contributed by atoms with E-state index in [0.717, 1.165) is 24.0 Å². The lowest BCUT2D eigenvalue weighted by molar-refractivity contribution is -0.0227. The van der Waals surface area contributed by atoms with Gasteiger partial charge in [0.15, 0.2) is 0 Å². The Morgan fingerprint density at radius 2 is 1.75 bits per heavy atom. The summed E-state index contributed by atoms with van der Waals surface area (Å²) in [4.78, 5) is 0. The molecule has 3 nitrogen and oxygen atoms in total. The molecule has 0 spiro atoms. The quantitative estimate of drug-likeness (QED) is 0.704. The molecule has 0 aliphatic heterocycles. The maximum Gasteiger partial charge on any atom is 0.0867 e. The molecule has 0 aromatic heterocycles. The third-order valence-electron chi connectivity index (χ3n) is 3.41. The molecule has 1 saturated carbocycles. The van der Waals surface area contributed by atoms with E-state index in [0.29, 0.717) is 6.42 Å². The van der Waals surface area contributed by atoms with Gasteiger partial charge in [-0.05, 0) is 24.0 Å². The van der Waals surface area contributed by atoms with E-state index in [9.17, 15) is 10.2 Å². The van der Waals surface area contributed by atoms with Gasteiger partial charge >= 0.3 is 0 Å². The zero-order valence-corrected chi connectivity index (χ0v) is 9.21. The first-order valence-electron chi connectivity index (χ1n) is 5.78. The molecule has 0 amide bonds. The van der Waals surface area contributed by atoms with Crippen molar-refractivity contribution in [2.24, 2.45) is 0 Å². The normalized spacial score (nSPS) is 30.3. The Balaban J connectivity index is 2.15. The van der Waals surface area contributed by atoms with Gasteiger partial charge in [-0.3, -0.25) is 0 Å². The van der Waals surface area contributed by atoms with Crippen LogP contribution in [-0.2, 0) is 6.61 Å². The summed E-state index contributed by atoms with van der Waals surface area (Å²) in [5.41, 5.74) is 1.91. The summed E-state index contributed by atoms with van der Waals surface area (Å²) >= 11 is 0. The second-order valence-electron chi connectivity index (χ2n) is 4.50. The first-order chi connectivity index (χ1) is 7.72. The van der Waals surface area contributed by atoms with E-state index in [1.165, 1.54) is 0 Å². The van der Waals surface area contributed by atoms with E-state index in [-0.39, 0.29) is 12.5 Å². The van der Waals surface area contributed by atoms with Gasteiger partial charge < -0.3 is 15.3 Å². The fraction of sp³-hybridized carbons (Fsp3) is 0.538. The lowest BCUT2D eigenvalue weighted by atomic mass is 9.80. The van der Waals surface area contributed by atoms with Gasteiger partial charge in [-0.1, -0.05) is 30.7 Å². The third kappa shape index (κ3) is 2.26. The first-order valence-corrected chi connectivity index (χ1v) is 5.78. The van der Waals surface area contributed by atoms with E-state index >= 15 is 0 Å². The van der Waals surface area contributed by atoms with Crippen molar-refractivity contribution < 1.29 is 15.3 Å². The van der Waals surface area contributed by atoms with Gasteiger partial charge in [0.1, 0.15) is 0 Å². The molecule has 3 heteroatoms. The van der Waals surface area contributed by atoms with Gasteiger partial charge in [0.25, 0.3) is 0 Å². The fourth-order valence-electron chi connectivity index (χ4n) is 2.39. The highest BCUT2D eigenvalue weighted by Crippen LogP contribution is 2.33. The van der Waals surface area contributed by atoms with Crippen molar-refractivity contribution in [1.29, 1.82) is 0 Å². The number of hydrogen-bond acceptors (Lipinski definition) is 3. The largest absolute Gasteiger partial charge is 0.392 e. The minimum absolute atomic E-state index is 0.0245. The first kappa shape index (κ1) is 11.6. The van der Waals surface area contributed by atoms with Crippen molar-refractivity contribution in [1.82, 2.24) is 0 Å². The van der Waals surface area contributed by atoms with Gasteiger partial charge in [-0.15, -0.1) is 0 Å². The third-order valence-corrected chi connectivity index (χ3v) is 3.41. The molecule has 1 aliphatic rings. The fourth-order valence-corrected chi connectivity index (χ4v) is 2.39. The van der Waals surface area contributed by atoms with E-state index in [2.05, 4.69) is 0 Å². The van der Waals surface area contributed by atoms with Crippen molar-refractivity contribution in [3.63, 3.8) is 0 Å². The molecule has 88 valence electrons. The Hall–Kier alpha value is -0.900. The van der Waals surface area contributed by atoms with E-state index in [1.54, 1.807) is 0 Å². The Morgan fingerprint density at radius 1 is 1.06 bits per heavy atom. The van der Waals surface area contributed by atoms with Crippen LogP contribution in [0.3, 0.4) is 0 Å². The summed E-state index contributed by atoms with van der Waals surface area (Å²) in [6, 6.07) is 7.58. The average Bonchev–Trinajstić information content (AvgIpc) is 2.33. The highest BCUT2D eigenvalue weighted by Gasteiger charge is 2.31. The van der Waals surface area contributed by atoms with Crippen LogP contribution in [-0.4, -0.2) is 27.5 Å². The van der Waals surface area contributed by atoms with Crippen LogP contribution in [0.5, 0.6) is 0 Å². The average molecular weight is 222 g/mol. The highest BCUT2D eigenvalue weighted by atomic mass is 16.3. The van der Waals surface area contributed by atoms with Crippen LogP contribution >= 0.6 is 0 Å². The van der Waals surface area contributed by atoms with Crippen LogP contribution in [0.25, 0.3) is 0 Å². The van der Waals surface area contributed by atoms with Crippen molar-refractivity contribution in [2.75, 3.05) is 0 Å². The predicted molar refractivity (Wildman–Crippen MR) is 61.0 cm³/mol. The molecule has 3 atom stereocenters. The van der Waals surface area contributed by atoms with Crippen LogP contribution in [0.1, 0.15) is 36.3 Å². The maximum absolute atomic E-state index is 9.92. The molecule has 1 aliphatic carbocycles. The summed E-state index contributed by atoms with van der Waals surface area (Å²) in [6.45, 7) is 0.0378. The summed E-state index contributed by atoms with van der Waals surface area (Å²) in [5, 5.41) is 28.5. The van der Waals surface area contributed by atoms with Crippen LogP contribution in [0.2, 0.25) is 0 Å². The Morgan fingerprint density at radius 3 is 2.38 bits per heavy atom. The summed E-state index contributed by atoms with van der Waals surface area (Å²) in [5.74, 6) is 0.0245. The number of hydrogen-bond donors (Lipinski definition) is 3. The number of rotatable bonds is 2. The molecule has 2 rings (SSSR count). The molecule has 1 aromatic carbocycles. The number of aliphatic hydroxyl groups excluding tert-OH is 3. The van der Waals surface area contributed by atoms with Crippen LogP contribution in [0.15, 0.2) is 24.3 Å². The standard InChI is InChI=1S/C13H18O3/c14-8-9-4-6-10(7-5-9)11-2-1-3-12(15)13(11)16/h4-7,11-16H,1-3,8H2. The topological polar surface area (TPSA) is 60.7 Å². The predicted octanol–water partition coefficient (Wildman–Crippen LogP) is 1.17. The molecule has 3 unspecified atom stereocenters. The minimum Gasteiger partial charge on any atom is -0.392 e. The number of aliphatic hydroxyl groups is 3. The SMILES string of the molecule is OCc1ccc(C2CCCC(O)C2O)cc1. The van der Waals surface area contributed by atoms with Crippen molar-refractivity contribution in [3.05, 3.63) is 35.4 Å². The molecule has 3 N–H and O–H groups in total. The lowest BCUT2D eigenvalue weighted by Gasteiger charge is -2.32. The lowest BCUT2D eigenvalue weighted by Crippen LogP contribution is -2.35. The summed E-state index contributed by atoms with van der Waals surface area (Å²) < 4.78 is 0. The second kappa shape index (κ2) is 4.95. The zero-order valence-electron chi connectivity index (χ0n) is 9.21. The molecular formula is C13H18O3. The van der Waals surface area contributed by atoms with Gasteiger partial charge in [-0.25, -0.2) is 0 Å². The monoisotopic (exact) mass is 222 g/mol. The zero-order chi connectivity index (χ0) is 11.5. The van der Waals surface area contributed by atoms with E-state index in [1.807, 2.05) is 24.3 Å². The molecule has 1 fully saturated rings. The Labute approximate surface area is 95.4 Å². The van der Waals surface area contributed by atoms with Crippen molar-refractivity contribution >= 4 is 0 Å². The second-order valence-corrected chi connectivity index (χ2v) is 4.50. The van der Waals surface area contributed by atoms with Gasteiger partial charge in [0.2, 0.25) is 0 Å². The van der Waals surface area contributed by atoms with Crippen LogP contribution in [0.4, 0.5) is 0 Å².